The summed E-state index contributed by atoms with van der Waals surface area (Å²) in [7, 11) is 3.86. The summed E-state index contributed by atoms with van der Waals surface area (Å²) in [5.74, 6) is 0.690. The monoisotopic (exact) mass is 274 g/mol. The molecule has 0 fully saturated rings. The Kier molecular flexibility index (Phi) is 4.37. The van der Waals surface area contributed by atoms with Crippen molar-refractivity contribution in [2.24, 2.45) is 5.73 Å². The number of aromatic amines is 1. The molecule has 6 heteroatoms. The number of nitrogens with one attached hydrogen (secondary N) is 1. The lowest BCUT2D eigenvalue weighted by atomic mass is 10.1. The number of carbonyl (C=O) groups is 1. The van der Waals surface area contributed by atoms with Crippen LogP contribution in [0.5, 0.6) is 5.75 Å². The predicted octanol–water partition coefficient (Wildman–Crippen LogP) is 1.05. The molecule has 0 aliphatic rings. The molecule has 0 spiro atoms. The molecule has 0 aliphatic carbocycles. The topological polar surface area (TPSA) is 84.2 Å². The van der Waals surface area contributed by atoms with E-state index in [-0.39, 0.29) is 6.61 Å². The fourth-order valence-corrected chi connectivity index (χ4v) is 1.80. The van der Waals surface area contributed by atoms with Gasteiger partial charge >= 0.3 is 0 Å². The van der Waals surface area contributed by atoms with Crippen molar-refractivity contribution in [3.05, 3.63) is 30.5 Å². The van der Waals surface area contributed by atoms with Gasteiger partial charge in [-0.05, 0) is 24.3 Å². The van der Waals surface area contributed by atoms with Gasteiger partial charge in [-0.15, -0.1) is 0 Å². The average molecular weight is 274 g/mol. The zero-order valence-corrected chi connectivity index (χ0v) is 11.5. The number of aromatic nitrogens is 2. The summed E-state index contributed by atoms with van der Waals surface area (Å²) in [6, 6.07) is 7.08. The molecule has 1 atom stereocenters. The van der Waals surface area contributed by atoms with Gasteiger partial charge in [0.15, 0.2) is 0 Å². The van der Waals surface area contributed by atoms with Crippen LogP contribution in [0.1, 0.15) is 0 Å². The summed E-state index contributed by atoms with van der Waals surface area (Å²) in [5, 5.41) is 6.86. The summed E-state index contributed by atoms with van der Waals surface area (Å²) in [6.45, 7) is 0.160. The number of nitrogens with zero attached hydrogens (tertiary/aromatic N) is 2. The number of carbonyl (C=O) groups excluding carboxylic acids is 1. The number of nitrogens with two attached hydrogens (primary N) is 1. The minimum atomic E-state index is -0.614. The van der Waals surface area contributed by atoms with E-state index in [0.29, 0.717) is 12.0 Å². The van der Waals surface area contributed by atoms with Crippen LogP contribution in [0, 0.1) is 0 Å². The number of hydrogen-bond donors (Lipinski definition) is 2. The Balaban J connectivity index is 2.26. The maximum atomic E-state index is 10.5. The van der Waals surface area contributed by atoms with Gasteiger partial charge in [0.05, 0.1) is 17.4 Å². The first-order chi connectivity index (χ1) is 9.61. The largest absolute Gasteiger partial charge is 0.489 e. The third kappa shape index (κ3) is 3.16. The highest BCUT2D eigenvalue weighted by atomic mass is 16.5. The summed E-state index contributed by atoms with van der Waals surface area (Å²) in [5.41, 5.74) is 8.39. The third-order valence-electron chi connectivity index (χ3n) is 2.86. The van der Waals surface area contributed by atoms with Gasteiger partial charge in [0.1, 0.15) is 18.6 Å². The minimum absolute atomic E-state index is 0.160. The lowest BCUT2D eigenvalue weighted by Gasteiger charge is -2.19. The highest BCUT2D eigenvalue weighted by Crippen LogP contribution is 2.31. The van der Waals surface area contributed by atoms with Crippen LogP contribution in [0.2, 0.25) is 0 Å². The van der Waals surface area contributed by atoms with E-state index in [1.807, 2.05) is 43.3 Å². The first kappa shape index (κ1) is 14.1. The van der Waals surface area contributed by atoms with Gasteiger partial charge in [0.2, 0.25) is 0 Å². The standard InChI is InChI=1S/C14H18N4O2/c1-18(2)13-7-10(12-5-6-16-17-12)3-4-14(13)20-9-11(15)8-19/h3-8,11H,9,15H2,1-2H3,(H,16,17)/t11-/m1/s1. The van der Waals surface area contributed by atoms with Gasteiger partial charge < -0.3 is 20.2 Å². The number of benzene rings is 1. The Labute approximate surface area is 117 Å². The van der Waals surface area contributed by atoms with E-state index in [0.717, 1.165) is 16.9 Å². The molecule has 2 rings (SSSR count). The summed E-state index contributed by atoms with van der Waals surface area (Å²) in [4.78, 5) is 12.5. The molecule has 0 saturated heterocycles. The zero-order chi connectivity index (χ0) is 14.5. The fraction of sp³-hybridized carbons (Fsp3) is 0.286. The molecule has 1 aromatic carbocycles. The zero-order valence-electron chi connectivity index (χ0n) is 11.5. The Bertz CT molecular complexity index is 567. The third-order valence-corrected chi connectivity index (χ3v) is 2.86. The van der Waals surface area contributed by atoms with Crippen LogP contribution in [0.25, 0.3) is 11.3 Å². The van der Waals surface area contributed by atoms with Crippen molar-refractivity contribution >= 4 is 12.0 Å². The fourth-order valence-electron chi connectivity index (χ4n) is 1.80. The lowest BCUT2D eigenvalue weighted by Crippen LogP contribution is -2.29. The van der Waals surface area contributed by atoms with Crippen LogP contribution in [0.15, 0.2) is 30.5 Å². The SMILES string of the molecule is CN(C)c1cc(-c2ccn[nH]2)ccc1OC[C@H](N)C=O. The van der Waals surface area contributed by atoms with Gasteiger partial charge in [0.25, 0.3) is 0 Å². The second kappa shape index (κ2) is 6.21. The molecule has 0 amide bonds. The van der Waals surface area contributed by atoms with E-state index in [1.165, 1.54) is 0 Å². The van der Waals surface area contributed by atoms with Crippen molar-refractivity contribution in [1.29, 1.82) is 0 Å². The molecule has 20 heavy (non-hydrogen) atoms. The highest BCUT2D eigenvalue weighted by Gasteiger charge is 2.10. The number of ether oxygens (including phenoxy) is 1. The molecule has 6 nitrogen and oxygen atoms in total. The molecule has 0 saturated carbocycles. The molecule has 106 valence electrons. The van der Waals surface area contributed by atoms with Crippen LogP contribution in [-0.4, -0.2) is 43.2 Å². The van der Waals surface area contributed by atoms with E-state index < -0.39 is 6.04 Å². The van der Waals surface area contributed by atoms with Crippen molar-refractivity contribution in [2.75, 3.05) is 25.6 Å². The molecule has 0 bridgehead atoms. The molecule has 0 aliphatic heterocycles. The van der Waals surface area contributed by atoms with E-state index in [1.54, 1.807) is 6.20 Å². The Hall–Kier alpha value is -2.34. The maximum absolute atomic E-state index is 10.5. The summed E-state index contributed by atoms with van der Waals surface area (Å²) < 4.78 is 5.60. The van der Waals surface area contributed by atoms with Crippen molar-refractivity contribution in [3.63, 3.8) is 0 Å². The highest BCUT2D eigenvalue weighted by molar-refractivity contribution is 5.70. The first-order valence-electron chi connectivity index (χ1n) is 6.26. The van der Waals surface area contributed by atoms with E-state index in [2.05, 4.69) is 10.2 Å². The number of H-pyrrole nitrogens is 1. The quantitative estimate of drug-likeness (QED) is 0.769. The lowest BCUT2D eigenvalue weighted by molar-refractivity contribution is -0.109. The predicted molar refractivity (Wildman–Crippen MR) is 77.9 cm³/mol. The van der Waals surface area contributed by atoms with Crippen LogP contribution >= 0.6 is 0 Å². The molecule has 1 heterocycles. The number of hydrogen-bond acceptors (Lipinski definition) is 5. The van der Waals surface area contributed by atoms with Crippen molar-refractivity contribution in [1.82, 2.24) is 10.2 Å². The second-order valence-electron chi connectivity index (χ2n) is 4.66. The number of anilines is 1. The van der Waals surface area contributed by atoms with E-state index >= 15 is 0 Å². The maximum Gasteiger partial charge on any atom is 0.142 e. The average Bonchev–Trinajstić information content (AvgIpc) is 2.98. The van der Waals surface area contributed by atoms with Gasteiger partial charge in [-0.25, -0.2) is 0 Å². The second-order valence-corrected chi connectivity index (χ2v) is 4.66. The van der Waals surface area contributed by atoms with Crippen LogP contribution in [0.4, 0.5) is 5.69 Å². The summed E-state index contributed by atoms with van der Waals surface area (Å²) >= 11 is 0. The van der Waals surface area contributed by atoms with Gasteiger partial charge in [-0.1, -0.05) is 0 Å². The smallest absolute Gasteiger partial charge is 0.142 e. The molecular formula is C14H18N4O2. The first-order valence-corrected chi connectivity index (χ1v) is 6.26. The van der Waals surface area contributed by atoms with Crippen molar-refractivity contribution < 1.29 is 9.53 Å². The molecular weight excluding hydrogens is 256 g/mol. The van der Waals surface area contributed by atoms with E-state index in [9.17, 15) is 4.79 Å². The van der Waals surface area contributed by atoms with Gasteiger partial charge in [-0.2, -0.15) is 5.10 Å². The number of rotatable bonds is 6. The Morgan fingerprint density at radius 1 is 1.45 bits per heavy atom. The van der Waals surface area contributed by atoms with Gasteiger partial charge in [0, 0.05) is 25.9 Å². The minimum Gasteiger partial charge on any atom is -0.489 e. The van der Waals surface area contributed by atoms with Crippen LogP contribution < -0.4 is 15.4 Å². The number of aldehydes is 1. The van der Waals surface area contributed by atoms with Gasteiger partial charge in [-0.3, -0.25) is 5.10 Å². The van der Waals surface area contributed by atoms with Crippen LogP contribution in [0.3, 0.4) is 0 Å². The van der Waals surface area contributed by atoms with Crippen molar-refractivity contribution in [3.8, 4) is 17.0 Å². The van der Waals surface area contributed by atoms with Crippen LogP contribution in [-0.2, 0) is 4.79 Å². The van der Waals surface area contributed by atoms with Crippen molar-refractivity contribution in [2.45, 2.75) is 6.04 Å². The molecule has 0 radical (unpaired) electrons. The molecule has 2 aromatic rings. The summed E-state index contributed by atoms with van der Waals surface area (Å²) in [6.07, 6.45) is 2.38. The molecule has 1 aromatic heterocycles. The normalized spacial score (nSPS) is 11.9. The van der Waals surface area contributed by atoms with E-state index in [4.69, 9.17) is 10.5 Å². The Morgan fingerprint density at radius 2 is 2.25 bits per heavy atom. The Morgan fingerprint density at radius 3 is 2.85 bits per heavy atom. The molecule has 3 N–H and O–H groups in total. The molecule has 0 unspecified atom stereocenters.